The number of hydrogen-bond acceptors (Lipinski definition) is 3. The summed E-state index contributed by atoms with van der Waals surface area (Å²) in [4.78, 5) is 15.7. The fourth-order valence-electron chi connectivity index (χ4n) is 1.94. The van der Waals surface area contributed by atoms with Crippen molar-refractivity contribution in [3.05, 3.63) is 29.8 Å². The molecule has 0 unspecified atom stereocenters. The highest BCUT2D eigenvalue weighted by Gasteiger charge is 2.31. The number of carbonyl (C=O) groups excluding carboxylic acids is 1. The van der Waals surface area contributed by atoms with E-state index < -0.39 is 6.36 Å². The van der Waals surface area contributed by atoms with Gasteiger partial charge in [-0.1, -0.05) is 32.0 Å². The lowest BCUT2D eigenvalue weighted by Crippen LogP contribution is -2.42. The molecule has 0 aromatic heterocycles. The number of amides is 1. The van der Waals surface area contributed by atoms with Crippen molar-refractivity contribution in [1.29, 1.82) is 0 Å². The summed E-state index contributed by atoms with van der Waals surface area (Å²) in [5.74, 6) is 0.0194. The zero-order valence-electron chi connectivity index (χ0n) is 15.1. The van der Waals surface area contributed by atoms with Crippen molar-refractivity contribution in [2.45, 2.75) is 33.7 Å². The number of aliphatic imine (C=N–C) groups is 1. The first-order chi connectivity index (χ1) is 12.2. The lowest BCUT2D eigenvalue weighted by Gasteiger charge is -2.14. The largest absolute Gasteiger partial charge is 0.573 e. The molecule has 1 rings (SSSR count). The summed E-state index contributed by atoms with van der Waals surface area (Å²) in [7, 11) is 0. The van der Waals surface area contributed by atoms with E-state index in [1.807, 2.05) is 6.92 Å². The van der Waals surface area contributed by atoms with Crippen LogP contribution in [0.2, 0.25) is 0 Å². The number of rotatable bonds is 8. The van der Waals surface area contributed by atoms with Crippen molar-refractivity contribution in [3.8, 4) is 5.75 Å². The van der Waals surface area contributed by atoms with Gasteiger partial charge in [0.05, 0.1) is 6.54 Å². The van der Waals surface area contributed by atoms with Crippen LogP contribution in [0, 0.1) is 5.92 Å². The van der Waals surface area contributed by atoms with E-state index in [0.29, 0.717) is 31.2 Å². The van der Waals surface area contributed by atoms with Gasteiger partial charge in [-0.25, -0.2) is 4.99 Å². The molecular weight excluding hydrogens is 349 g/mol. The van der Waals surface area contributed by atoms with E-state index in [4.69, 9.17) is 0 Å². The van der Waals surface area contributed by atoms with Crippen molar-refractivity contribution in [3.63, 3.8) is 0 Å². The van der Waals surface area contributed by atoms with Gasteiger partial charge >= 0.3 is 6.36 Å². The van der Waals surface area contributed by atoms with Gasteiger partial charge in [0.2, 0.25) is 5.91 Å². The third-order valence-corrected chi connectivity index (χ3v) is 3.19. The Morgan fingerprint density at radius 1 is 1.15 bits per heavy atom. The molecule has 0 atom stereocenters. The Hall–Kier alpha value is -2.45. The molecule has 6 nitrogen and oxygen atoms in total. The molecule has 0 fully saturated rings. The second-order valence-corrected chi connectivity index (χ2v) is 5.72. The Labute approximate surface area is 151 Å². The number of halogens is 3. The van der Waals surface area contributed by atoms with Crippen LogP contribution < -0.4 is 20.7 Å². The van der Waals surface area contributed by atoms with E-state index in [2.05, 4.69) is 25.7 Å². The van der Waals surface area contributed by atoms with Crippen LogP contribution in [0.5, 0.6) is 5.75 Å². The SMILES string of the molecule is CCNC(=NCc1ccccc1OC(F)(F)F)NCCNC(=O)C(C)C. The Kier molecular flexibility index (Phi) is 8.74. The van der Waals surface area contributed by atoms with Crippen LogP contribution in [-0.2, 0) is 11.3 Å². The number of alkyl halides is 3. The third kappa shape index (κ3) is 8.59. The van der Waals surface area contributed by atoms with Crippen LogP contribution in [0.15, 0.2) is 29.3 Å². The second kappa shape index (κ2) is 10.5. The fourth-order valence-corrected chi connectivity index (χ4v) is 1.94. The van der Waals surface area contributed by atoms with E-state index in [-0.39, 0.29) is 24.1 Å². The van der Waals surface area contributed by atoms with Crippen molar-refractivity contribution in [2.24, 2.45) is 10.9 Å². The van der Waals surface area contributed by atoms with Gasteiger partial charge in [0, 0.05) is 31.1 Å². The van der Waals surface area contributed by atoms with Crippen LogP contribution in [-0.4, -0.2) is 37.9 Å². The maximum Gasteiger partial charge on any atom is 0.573 e. The van der Waals surface area contributed by atoms with Gasteiger partial charge in [0.15, 0.2) is 5.96 Å². The van der Waals surface area contributed by atoms with Crippen molar-refractivity contribution >= 4 is 11.9 Å². The maximum absolute atomic E-state index is 12.5. The Morgan fingerprint density at radius 2 is 1.81 bits per heavy atom. The van der Waals surface area contributed by atoms with E-state index >= 15 is 0 Å². The number of carbonyl (C=O) groups is 1. The second-order valence-electron chi connectivity index (χ2n) is 5.72. The smallest absolute Gasteiger partial charge is 0.405 e. The molecule has 0 aliphatic rings. The third-order valence-electron chi connectivity index (χ3n) is 3.19. The van der Waals surface area contributed by atoms with Gasteiger partial charge in [-0.05, 0) is 13.0 Å². The molecule has 1 amide bonds. The first-order valence-corrected chi connectivity index (χ1v) is 8.36. The van der Waals surface area contributed by atoms with Gasteiger partial charge in [-0.2, -0.15) is 0 Å². The fraction of sp³-hybridized carbons (Fsp3) is 0.529. The van der Waals surface area contributed by atoms with Gasteiger partial charge in [-0.3, -0.25) is 4.79 Å². The summed E-state index contributed by atoms with van der Waals surface area (Å²) in [6.07, 6.45) is -4.75. The van der Waals surface area contributed by atoms with Crippen molar-refractivity contribution in [2.75, 3.05) is 19.6 Å². The summed E-state index contributed by atoms with van der Waals surface area (Å²) < 4.78 is 41.4. The minimum atomic E-state index is -4.75. The first-order valence-electron chi connectivity index (χ1n) is 8.36. The number of para-hydroxylation sites is 1. The monoisotopic (exact) mass is 374 g/mol. The number of ether oxygens (including phenoxy) is 1. The standard InChI is InChI=1S/C17H25F3N4O2/c1-4-21-16(23-10-9-22-15(25)12(2)3)24-11-13-7-5-6-8-14(13)26-17(18,19)20/h5-8,12H,4,9-11H2,1-3H3,(H,22,25)(H2,21,23,24). The molecule has 1 aromatic rings. The Balaban J connectivity index is 2.65. The van der Waals surface area contributed by atoms with Gasteiger partial charge in [-0.15, -0.1) is 13.2 Å². The molecule has 0 aliphatic heterocycles. The average Bonchev–Trinajstić information content (AvgIpc) is 2.55. The van der Waals surface area contributed by atoms with E-state index in [9.17, 15) is 18.0 Å². The maximum atomic E-state index is 12.5. The van der Waals surface area contributed by atoms with Crippen LogP contribution in [0.1, 0.15) is 26.3 Å². The Morgan fingerprint density at radius 3 is 2.42 bits per heavy atom. The van der Waals surface area contributed by atoms with E-state index in [0.717, 1.165) is 0 Å². The van der Waals surface area contributed by atoms with Crippen LogP contribution in [0.3, 0.4) is 0 Å². The van der Waals surface area contributed by atoms with Crippen molar-refractivity contribution < 1.29 is 22.7 Å². The molecule has 3 N–H and O–H groups in total. The quantitative estimate of drug-likeness (QED) is 0.371. The van der Waals surface area contributed by atoms with Crippen LogP contribution in [0.4, 0.5) is 13.2 Å². The number of hydrogen-bond donors (Lipinski definition) is 3. The highest BCUT2D eigenvalue weighted by Crippen LogP contribution is 2.26. The predicted octanol–water partition coefficient (Wildman–Crippen LogP) is 2.41. The van der Waals surface area contributed by atoms with Crippen LogP contribution >= 0.6 is 0 Å². The van der Waals surface area contributed by atoms with Gasteiger partial charge in [0.25, 0.3) is 0 Å². The molecule has 0 aliphatic carbocycles. The molecule has 0 bridgehead atoms. The summed E-state index contributed by atoms with van der Waals surface area (Å²) in [6, 6.07) is 5.86. The summed E-state index contributed by atoms with van der Waals surface area (Å²) in [6.45, 7) is 6.92. The van der Waals surface area contributed by atoms with E-state index in [1.54, 1.807) is 19.9 Å². The summed E-state index contributed by atoms with van der Waals surface area (Å²) in [5.41, 5.74) is 0.315. The summed E-state index contributed by atoms with van der Waals surface area (Å²) in [5, 5.41) is 8.77. The van der Waals surface area contributed by atoms with E-state index in [1.165, 1.54) is 18.2 Å². The zero-order chi connectivity index (χ0) is 19.6. The van der Waals surface area contributed by atoms with Crippen molar-refractivity contribution in [1.82, 2.24) is 16.0 Å². The van der Waals surface area contributed by atoms with Gasteiger partial charge < -0.3 is 20.7 Å². The minimum Gasteiger partial charge on any atom is -0.405 e. The summed E-state index contributed by atoms with van der Waals surface area (Å²) >= 11 is 0. The molecule has 0 saturated carbocycles. The zero-order valence-corrected chi connectivity index (χ0v) is 15.1. The molecule has 0 radical (unpaired) electrons. The minimum absolute atomic E-state index is 0.0138. The molecule has 0 spiro atoms. The molecule has 0 heterocycles. The number of guanidine groups is 1. The van der Waals surface area contributed by atoms with Crippen LogP contribution in [0.25, 0.3) is 0 Å². The molecule has 0 saturated heterocycles. The highest BCUT2D eigenvalue weighted by atomic mass is 19.4. The lowest BCUT2D eigenvalue weighted by atomic mass is 10.2. The molecule has 26 heavy (non-hydrogen) atoms. The molecule has 1 aromatic carbocycles. The molecule has 9 heteroatoms. The molecular formula is C17H25F3N4O2. The van der Waals surface area contributed by atoms with Gasteiger partial charge in [0.1, 0.15) is 5.75 Å². The lowest BCUT2D eigenvalue weighted by molar-refractivity contribution is -0.274. The average molecular weight is 374 g/mol. The number of nitrogens with one attached hydrogen (secondary N) is 3. The normalized spacial score (nSPS) is 12.0. The topological polar surface area (TPSA) is 74.8 Å². The first kappa shape index (κ1) is 21.6. The highest BCUT2D eigenvalue weighted by molar-refractivity contribution is 5.80. The number of nitrogens with zero attached hydrogens (tertiary/aromatic N) is 1. The predicted molar refractivity (Wildman–Crippen MR) is 93.8 cm³/mol. The Bertz CT molecular complexity index is 604. The molecule has 146 valence electrons. The number of benzene rings is 1.